The van der Waals surface area contributed by atoms with Crippen LogP contribution >= 0.6 is 0 Å². The van der Waals surface area contributed by atoms with Gasteiger partial charge in [-0.1, -0.05) is 6.07 Å². The second kappa shape index (κ2) is 7.38. The third-order valence-corrected chi connectivity index (χ3v) is 2.77. The highest BCUT2D eigenvalue weighted by Crippen LogP contribution is 2.24. The smallest absolute Gasteiger partial charge is 0.194 e. The van der Waals surface area contributed by atoms with Gasteiger partial charge in [-0.2, -0.15) is 0 Å². The monoisotopic (exact) mass is 261 g/mol. The molecule has 0 aliphatic rings. The molecule has 18 heavy (non-hydrogen) atoms. The molecular weight excluding hydrogens is 243 g/mol. The fraction of sp³-hybridized carbons (Fsp3) is 0.538. The van der Waals surface area contributed by atoms with Crippen LogP contribution in [0.4, 0.5) is 13.2 Å². The molecule has 1 N–H and O–H groups in total. The normalized spacial score (nSPS) is 12.7. The van der Waals surface area contributed by atoms with Gasteiger partial charge in [0, 0.05) is 24.8 Å². The molecule has 2 nitrogen and oxygen atoms in total. The van der Waals surface area contributed by atoms with E-state index in [1.807, 2.05) is 6.92 Å². The van der Waals surface area contributed by atoms with E-state index in [0.29, 0.717) is 19.6 Å². The van der Waals surface area contributed by atoms with Crippen molar-refractivity contribution in [1.29, 1.82) is 0 Å². The summed E-state index contributed by atoms with van der Waals surface area (Å²) >= 11 is 0. The molecule has 0 fully saturated rings. The van der Waals surface area contributed by atoms with Crippen molar-refractivity contribution < 1.29 is 17.9 Å². The van der Waals surface area contributed by atoms with Crippen molar-refractivity contribution in [2.75, 3.05) is 20.3 Å². The lowest BCUT2D eigenvalue weighted by Crippen LogP contribution is -2.19. The van der Waals surface area contributed by atoms with Gasteiger partial charge in [0.1, 0.15) is 0 Å². The van der Waals surface area contributed by atoms with Crippen LogP contribution in [-0.2, 0) is 4.74 Å². The van der Waals surface area contributed by atoms with Gasteiger partial charge in [0.2, 0.25) is 0 Å². The zero-order chi connectivity index (χ0) is 13.5. The van der Waals surface area contributed by atoms with E-state index >= 15 is 0 Å². The van der Waals surface area contributed by atoms with Crippen molar-refractivity contribution in [3.05, 3.63) is 35.1 Å². The minimum absolute atomic E-state index is 0.146. The second-order valence-corrected chi connectivity index (χ2v) is 3.94. The molecule has 1 unspecified atom stereocenters. The van der Waals surface area contributed by atoms with E-state index in [2.05, 4.69) is 5.32 Å². The van der Waals surface area contributed by atoms with E-state index < -0.39 is 17.5 Å². The first-order valence-corrected chi connectivity index (χ1v) is 6.00. The molecule has 0 bridgehead atoms. The molecule has 0 heterocycles. The van der Waals surface area contributed by atoms with Crippen molar-refractivity contribution in [2.24, 2.45) is 0 Å². The Balaban J connectivity index is 2.73. The number of hydrogen-bond acceptors (Lipinski definition) is 2. The fourth-order valence-corrected chi connectivity index (χ4v) is 1.80. The van der Waals surface area contributed by atoms with Crippen LogP contribution in [0.3, 0.4) is 0 Å². The summed E-state index contributed by atoms with van der Waals surface area (Å²) in [6, 6.07) is 1.87. The van der Waals surface area contributed by atoms with Crippen LogP contribution in [0.25, 0.3) is 0 Å². The summed E-state index contributed by atoms with van der Waals surface area (Å²) in [5, 5.41) is 2.90. The van der Waals surface area contributed by atoms with E-state index in [-0.39, 0.29) is 11.6 Å². The number of rotatable bonds is 7. The maximum Gasteiger partial charge on any atom is 0.194 e. The highest BCUT2D eigenvalue weighted by molar-refractivity contribution is 5.23. The third-order valence-electron chi connectivity index (χ3n) is 2.77. The highest BCUT2D eigenvalue weighted by atomic mass is 19.2. The lowest BCUT2D eigenvalue weighted by atomic mass is 10.0. The lowest BCUT2D eigenvalue weighted by Gasteiger charge is -2.17. The predicted molar refractivity (Wildman–Crippen MR) is 63.8 cm³/mol. The van der Waals surface area contributed by atoms with Gasteiger partial charge in [-0.15, -0.1) is 0 Å². The first kappa shape index (κ1) is 15.0. The van der Waals surface area contributed by atoms with Crippen LogP contribution < -0.4 is 5.32 Å². The molecule has 1 aromatic rings. The van der Waals surface area contributed by atoms with E-state index in [0.717, 1.165) is 12.5 Å². The number of benzene rings is 1. The SMILES string of the molecule is CCOCCCC(NC)c1ccc(F)c(F)c1F. The van der Waals surface area contributed by atoms with E-state index in [9.17, 15) is 13.2 Å². The minimum Gasteiger partial charge on any atom is -0.382 e. The molecule has 1 aromatic carbocycles. The van der Waals surface area contributed by atoms with Crippen LogP contribution in [0.2, 0.25) is 0 Å². The van der Waals surface area contributed by atoms with E-state index in [1.165, 1.54) is 6.07 Å². The maximum atomic E-state index is 13.6. The van der Waals surface area contributed by atoms with E-state index in [4.69, 9.17) is 4.74 Å². The van der Waals surface area contributed by atoms with Crippen molar-refractivity contribution in [3.63, 3.8) is 0 Å². The summed E-state index contributed by atoms with van der Waals surface area (Å²) in [6.07, 6.45) is 1.32. The maximum absolute atomic E-state index is 13.6. The summed E-state index contributed by atoms with van der Waals surface area (Å²) < 4.78 is 44.7. The van der Waals surface area contributed by atoms with Gasteiger partial charge < -0.3 is 10.1 Å². The Hall–Kier alpha value is -1.07. The van der Waals surface area contributed by atoms with Crippen molar-refractivity contribution in [1.82, 2.24) is 5.32 Å². The van der Waals surface area contributed by atoms with Gasteiger partial charge in [-0.3, -0.25) is 0 Å². The summed E-state index contributed by atoms with van der Waals surface area (Å²) in [6.45, 7) is 3.09. The Labute approximate surface area is 105 Å². The molecule has 0 radical (unpaired) electrons. The molecule has 0 amide bonds. The third kappa shape index (κ3) is 3.71. The van der Waals surface area contributed by atoms with Gasteiger partial charge >= 0.3 is 0 Å². The minimum atomic E-state index is -1.42. The fourth-order valence-electron chi connectivity index (χ4n) is 1.80. The molecule has 0 aliphatic carbocycles. The van der Waals surface area contributed by atoms with Gasteiger partial charge in [0.25, 0.3) is 0 Å². The Kier molecular flexibility index (Phi) is 6.15. The molecule has 0 aromatic heterocycles. The zero-order valence-corrected chi connectivity index (χ0v) is 10.6. The van der Waals surface area contributed by atoms with E-state index in [1.54, 1.807) is 7.05 Å². The second-order valence-electron chi connectivity index (χ2n) is 3.94. The van der Waals surface area contributed by atoms with Crippen LogP contribution in [0, 0.1) is 17.5 Å². The lowest BCUT2D eigenvalue weighted by molar-refractivity contribution is 0.141. The van der Waals surface area contributed by atoms with Crippen LogP contribution in [0.15, 0.2) is 12.1 Å². The van der Waals surface area contributed by atoms with Crippen molar-refractivity contribution >= 4 is 0 Å². The molecule has 0 spiro atoms. The quantitative estimate of drug-likeness (QED) is 0.601. The first-order valence-electron chi connectivity index (χ1n) is 6.00. The molecule has 1 atom stereocenters. The van der Waals surface area contributed by atoms with Gasteiger partial charge in [-0.25, -0.2) is 13.2 Å². The molecule has 5 heteroatoms. The highest BCUT2D eigenvalue weighted by Gasteiger charge is 2.19. The Morgan fingerprint density at radius 3 is 2.56 bits per heavy atom. The van der Waals surface area contributed by atoms with Gasteiger partial charge in [0.05, 0.1) is 0 Å². The van der Waals surface area contributed by atoms with Crippen LogP contribution in [-0.4, -0.2) is 20.3 Å². The first-order chi connectivity index (χ1) is 8.61. The molecular formula is C13H18F3NO. The van der Waals surface area contributed by atoms with Gasteiger partial charge in [0.15, 0.2) is 17.5 Å². The van der Waals surface area contributed by atoms with Crippen LogP contribution in [0.1, 0.15) is 31.4 Å². The largest absolute Gasteiger partial charge is 0.382 e. The topological polar surface area (TPSA) is 21.3 Å². The molecule has 0 saturated heterocycles. The Morgan fingerprint density at radius 1 is 1.22 bits per heavy atom. The standard InChI is InChI=1S/C13H18F3NO/c1-3-18-8-4-5-11(17-2)9-6-7-10(14)13(16)12(9)15/h6-7,11,17H,3-5,8H2,1-2H3. The summed E-state index contributed by atoms with van der Waals surface area (Å²) in [4.78, 5) is 0. The molecule has 0 saturated carbocycles. The number of halogens is 3. The number of nitrogens with one attached hydrogen (secondary N) is 1. The number of ether oxygens (including phenoxy) is 1. The van der Waals surface area contributed by atoms with Crippen molar-refractivity contribution in [3.8, 4) is 0 Å². The molecule has 0 aliphatic heterocycles. The predicted octanol–water partition coefficient (Wildman–Crippen LogP) is 3.18. The number of hydrogen-bond donors (Lipinski definition) is 1. The summed E-state index contributed by atoms with van der Waals surface area (Å²) in [5.41, 5.74) is 0.146. The molecule has 1 rings (SSSR count). The average molecular weight is 261 g/mol. The Morgan fingerprint density at radius 2 is 1.94 bits per heavy atom. The van der Waals surface area contributed by atoms with Crippen LogP contribution in [0.5, 0.6) is 0 Å². The Bertz CT molecular complexity index is 385. The van der Waals surface area contributed by atoms with Crippen molar-refractivity contribution in [2.45, 2.75) is 25.8 Å². The van der Waals surface area contributed by atoms with Gasteiger partial charge in [-0.05, 0) is 32.9 Å². The average Bonchev–Trinajstić information content (AvgIpc) is 2.38. The molecule has 102 valence electrons. The summed E-state index contributed by atoms with van der Waals surface area (Å²) in [7, 11) is 1.66. The zero-order valence-electron chi connectivity index (χ0n) is 10.6. The summed E-state index contributed by atoms with van der Waals surface area (Å²) in [5.74, 6) is -3.70.